The van der Waals surface area contributed by atoms with Crippen LogP contribution in [0.4, 0.5) is 0 Å². The number of nitrogens with zero attached hydrogens (tertiary/aromatic N) is 3. The molecule has 1 heterocycles. The minimum absolute atomic E-state index is 0.235. The summed E-state index contributed by atoms with van der Waals surface area (Å²) in [6.07, 6.45) is 0. The van der Waals surface area contributed by atoms with Gasteiger partial charge in [-0.05, 0) is 31.5 Å². The Morgan fingerprint density at radius 1 is 1.22 bits per heavy atom. The van der Waals surface area contributed by atoms with Crippen molar-refractivity contribution in [3.63, 3.8) is 0 Å². The molecule has 2 rings (SSSR count). The first-order chi connectivity index (χ1) is 11.0. The zero-order valence-electron chi connectivity index (χ0n) is 14.6. The molecule has 1 aromatic rings. The number of piperazine rings is 1. The molecule has 0 aromatic heterocycles. The van der Waals surface area contributed by atoms with Gasteiger partial charge < -0.3 is 14.5 Å². The van der Waals surface area contributed by atoms with Crippen molar-refractivity contribution in [2.24, 2.45) is 10.9 Å². The number of ether oxygens (including phenoxy) is 1. The maximum atomic E-state index is 12.5. The van der Waals surface area contributed by atoms with E-state index >= 15 is 0 Å². The molecule has 0 atom stereocenters. The molecule has 5 heteroatoms. The van der Waals surface area contributed by atoms with E-state index in [9.17, 15) is 4.79 Å². The Bertz CT molecular complexity index is 561. The SMILES string of the molecule is Cc1ccccc1C(=O)N=C(OCC(C)C)N1CCN(C)CC1. The molecular formula is C18H27N3O2. The average molecular weight is 317 g/mol. The highest BCUT2D eigenvalue weighted by Gasteiger charge is 2.21. The maximum absolute atomic E-state index is 12.5. The highest BCUT2D eigenvalue weighted by atomic mass is 16.5. The van der Waals surface area contributed by atoms with Gasteiger partial charge in [-0.3, -0.25) is 4.79 Å². The van der Waals surface area contributed by atoms with Gasteiger partial charge in [0.2, 0.25) is 0 Å². The summed E-state index contributed by atoms with van der Waals surface area (Å²) in [7, 11) is 2.10. The zero-order chi connectivity index (χ0) is 16.8. The normalized spacial score (nSPS) is 16.7. The van der Waals surface area contributed by atoms with Gasteiger partial charge in [0.1, 0.15) is 0 Å². The molecular weight excluding hydrogens is 290 g/mol. The van der Waals surface area contributed by atoms with Crippen LogP contribution < -0.4 is 0 Å². The average Bonchev–Trinajstić information content (AvgIpc) is 2.52. The van der Waals surface area contributed by atoms with Crippen LogP contribution in [0, 0.1) is 12.8 Å². The fourth-order valence-corrected chi connectivity index (χ4v) is 2.39. The molecule has 0 bridgehead atoms. The molecule has 1 fully saturated rings. The molecule has 5 nitrogen and oxygen atoms in total. The summed E-state index contributed by atoms with van der Waals surface area (Å²) in [5, 5.41) is 0. The second-order valence-electron chi connectivity index (χ2n) is 6.51. The standard InChI is InChI=1S/C18H27N3O2/c1-14(2)13-23-18(21-11-9-20(4)10-12-21)19-17(22)16-8-6-5-7-15(16)3/h5-8,14H,9-13H2,1-4H3. The fourth-order valence-electron chi connectivity index (χ4n) is 2.39. The highest BCUT2D eigenvalue weighted by molar-refractivity contribution is 6.02. The first-order valence-corrected chi connectivity index (χ1v) is 8.22. The van der Waals surface area contributed by atoms with Gasteiger partial charge in [-0.1, -0.05) is 32.0 Å². The van der Waals surface area contributed by atoms with Gasteiger partial charge in [-0.2, -0.15) is 4.99 Å². The summed E-state index contributed by atoms with van der Waals surface area (Å²) in [6, 6.07) is 7.98. The number of amides is 1. The van der Waals surface area contributed by atoms with Crippen molar-refractivity contribution in [1.29, 1.82) is 0 Å². The smallest absolute Gasteiger partial charge is 0.295 e. The molecule has 23 heavy (non-hydrogen) atoms. The van der Waals surface area contributed by atoms with E-state index in [1.54, 1.807) is 0 Å². The van der Waals surface area contributed by atoms with Crippen LogP contribution in [-0.4, -0.2) is 61.6 Å². The van der Waals surface area contributed by atoms with Crippen molar-refractivity contribution >= 4 is 11.9 Å². The fraction of sp³-hybridized carbons (Fsp3) is 0.556. The van der Waals surface area contributed by atoms with Crippen LogP contribution in [-0.2, 0) is 4.74 Å². The van der Waals surface area contributed by atoms with Crippen molar-refractivity contribution in [1.82, 2.24) is 9.80 Å². The van der Waals surface area contributed by atoms with E-state index < -0.39 is 0 Å². The third kappa shape index (κ3) is 5.06. The highest BCUT2D eigenvalue weighted by Crippen LogP contribution is 2.11. The molecule has 1 saturated heterocycles. The van der Waals surface area contributed by atoms with Gasteiger partial charge in [0.05, 0.1) is 6.61 Å². The maximum Gasteiger partial charge on any atom is 0.295 e. The summed E-state index contributed by atoms with van der Waals surface area (Å²) in [5.41, 5.74) is 1.56. The first-order valence-electron chi connectivity index (χ1n) is 8.22. The molecule has 0 aliphatic carbocycles. The number of hydrogen-bond acceptors (Lipinski definition) is 3. The number of aliphatic imine (C=N–C) groups is 1. The lowest BCUT2D eigenvalue weighted by Gasteiger charge is -2.33. The molecule has 0 radical (unpaired) electrons. The van der Waals surface area contributed by atoms with E-state index in [0.717, 1.165) is 31.7 Å². The zero-order valence-corrected chi connectivity index (χ0v) is 14.6. The first kappa shape index (κ1) is 17.5. The Kier molecular flexibility index (Phi) is 6.16. The molecule has 1 aliphatic rings. The van der Waals surface area contributed by atoms with Crippen molar-refractivity contribution in [2.75, 3.05) is 39.8 Å². The quantitative estimate of drug-likeness (QED) is 0.634. The predicted octanol–water partition coefficient (Wildman–Crippen LogP) is 2.41. The molecule has 0 N–H and O–H groups in total. The Morgan fingerprint density at radius 3 is 2.48 bits per heavy atom. The number of aryl methyl sites for hydroxylation is 1. The lowest BCUT2D eigenvalue weighted by Crippen LogP contribution is -2.48. The number of amidine groups is 1. The van der Waals surface area contributed by atoms with E-state index in [2.05, 4.69) is 35.7 Å². The minimum atomic E-state index is -0.235. The second-order valence-corrected chi connectivity index (χ2v) is 6.51. The summed E-state index contributed by atoms with van der Waals surface area (Å²) in [4.78, 5) is 21.1. The van der Waals surface area contributed by atoms with Gasteiger partial charge in [0, 0.05) is 31.7 Å². The Hall–Kier alpha value is -1.88. The monoisotopic (exact) mass is 317 g/mol. The van der Waals surface area contributed by atoms with Crippen LogP contribution in [0.3, 0.4) is 0 Å². The van der Waals surface area contributed by atoms with E-state index in [4.69, 9.17) is 4.74 Å². The van der Waals surface area contributed by atoms with Crippen molar-refractivity contribution in [2.45, 2.75) is 20.8 Å². The minimum Gasteiger partial charge on any atom is -0.465 e. The van der Waals surface area contributed by atoms with Gasteiger partial charge in [0.15, 0.2) is 0 Å². The summed E-state index contributed by atoms with van der Waals surface area (Å²) in [5.74, 6) is 0.155. The van der Waals surface area contributed by atoms with Crippen LogP contribution in [0.15, 0.2) is 29.3 Å². The lowest BCUT2D eigenvalue weighted by molar-refractivity contribution is 0.0985. The number of carbonyl (C=O) groups is 1. The van der Waals surface area contributed by atoms with Gasteiger partial charge in [-0.15, -0.1) is 0 Å². The van der Waals surface area contributed by atoms with Crippen molar-refractivity contribution in [3.8, 4) is 0 Å². The number of hydrogen-bond donors (Lipinski definition) is 0. The lowest BCUT2D eigenvalue weighted by atomic mass is 10.1. The molecule has 1 amide bonds. The largest absolute Gasteiger partial charge is 0.465 e. The van der Waals surface area contributed by atoms with E-state index in [1.165, 1.54) is 0 Å². The molecule has 0 spiro atoms. The van der Waals surface area contributed by atoms with Gasteiger partial charge in [0.25, 0.3) is 11.9 Å². The Morgan fingerprint density at radius 2 is 1.87 bits per heavy atom. The molecule has 1 aromatic carbocycles. The molecule has 0 saturated carbocycles. The van der Waals surface area contributed by atoms with Crippen molar-refractivity contribution in [3.05, 3.63) is 35.4 Å². The number of carbonyl (C=O) groups excluding carboxylic acids is 1. The summed E-state index contributed by atoms with van der Waals surface area (Å²) < 4.78 is 5.85. The number of likely N-dealkylation sites (N-methyl/N-ethyl adjacent to an activating group) is 1. The van der Waals surface area contributed by atoms with E-state index in [-0.39, 0.29) is 5.91 Å². The number of rotatable bonds is 3. The van der Waals surface area contributed by atoms with Gasteiger partial charge in [-0.25, -0.2) is 0 Å². The van der Waals surface area contributed by atoms with Crippen LogP contribution in [0.2, 0.25) is 0 Å². The van der Waals surface area contributed by atoms with Gasteiger partial charge >= 0.3 is 0 Å². The van der Waals surface area contributed by atoms with E-state index in [0.29, 0.717) is 24.1 Å². The molecule has 0 unspecified atom stereocenters. The third-order valence-electron chi connectivity index (χ3n) is 3.89. The summed E-state index contributed by atoms with van der Waals surface area (Å²) in [6.45, 7) is 10.2. The van der Waals surface area contributed by atoms with Crippen molar-refractivity contribution < 1.29 is 9.53 Å². The second kappa shape index (κ2) is 8.11. The Balaban J connectivity index is 2.18. The van der Waals surface area contributed by atoms with Crippen LogP contribution in [0.5, 0.6) is 0 Å². The van der Waals surface area contributed by atoms with Crippen LogP contribution >= 0.6 is 0 Å². The topological polar surface area (TPSA) is 45.1 Å². The predicted molar refractivity (Wildman–Crippen MR) is 92.8 cm³/mol. The molecule has 1 aliphatic heterocycles. The Labute approximate surface area is 138 Å². The van der Waals surface area contributed by atoms with Crippen LogP contribution in [0.1, 0.15) is 29.8 Å². The summed E-state index contributed by atoms with van der Waals surface area (Å²) >= 11 is 0. The van der Waals surface area contributed by atoms with Crippen LogP contribution in [0.25, 0.3) is 0 Å². The third-order valence-corrected chi connectivity index (χ3v) is 3.89. The number of benzene rings is 1. The van der Waals surface area contributed by atoms with E-state index in [1.807, 2.05) is 31.2 Å². The molecule has 126 valence electrons.